The molecule has 1 atom stereocenters. The van der Waals surface area contributed by atoms with Crippen molar-refractivity contribution in [1.82, 2.24) is 4.31 Å². The van der Waals surface area contributed by atoms with Crippen molar-refractivity contribution in [3.05, 3.63) is 29.6 Å². The Labute approximate surface area is 110 Å². The summed E-state index contributed by atoms with van der Waals surface area (Å²) in [5, 5.41) is 9.03. The number of nitrogens with zero attached hydrogens (tertiary/aromatic N) is 1. The number of carboxylic acid groups (broad SMARTS) is 1. The molecular formula is C12H14FNO4S. The standard InChI is InChI=1S/C12H14FNO4S/c1-8-4-2-5-9(13)11(8)19(17,18)14-7-3-6-10(14)12(15)16/h2,4-5,10H,3,6-7H2,1H3,(H,15,16)/t10-/m1/s1. The third-order valence-corrected chi connectivity index (χ3v) is 5.31. The maximum absolute atomic E-state index is 13.8. The highest BCUT2D eigenvalue weighted by atomic mass is 32.2. The lowest BCUT2D eigenvalue weighted by Gasteiger charge is -2.22. The minimum atomic E-state index is -4.12. The SMILES string of the molecule is Cc1cccc(F)c1S(=O)(=O)N1CCC[C@@H]1C(=O)O. The lowest BCUT2D eigenvalue weighted by Crippen LogP contribution is -2.40. The van der Waals surface area contributed by atoms with Gasteiger partial charge in [-0.15, -0.1) is 0 Å². The van der Waals surface area contributed by atoms with Crippen LogP contribution in [-0.4, -0.2) is 36.4 Å². The highest BCUT2D eigenvalue weighted by molar-refractivity contribution is 7.89. The number of rotatable bonds is 3. The van der Waals surface area contributed by atoms with Gasteiger partial charge in [-0.05, 0) is 31.4 Å². The molecular weight excluding hydrogens is 273 g/mol. The Bertz CT molecular complexity index is 594. The Kier molecular flexibility index (Phi) is 3.60. The summed E-state index contributed by atoms with van der Waals surface area (Å²) in [7, 11) is -4.12. The largest absolute Gasteiger partial charge is 0.480 e. The number of carbonyl (C=O) groups is 1. The van der Waals surface area contributed by atoms with Gasteiger partial charge in [0, 0.05) is 6.54 Å². The molecule has 0 bridgehead atoms. The second-order valence-corrected chi connectivity index (χ2v) is 6.33. The normalized spacial score (nSPS) is 20.6. The number of halogens is 1. The van der Waals surface area contributed by atoms with Crippen molar-refractivity contribution in [1.29, 1.82) is 0 Å². The second-order valence-electron chi connectivity index (χ2n) is 4.50. The average molecular weight is 287 g/mol. The molecule has 1 N–H and O–H groups in total. The molecule has 1 heterocycles. The van der Waals surface area contributed by atoms with E-state index < -0.39 is 32.7 Å². The average Bonchev–Trinajstić information content (AvgIpc) is 2.77. The lowest BCUT2D eigenvalue weighted by atomic mass is 10.2. The van der Waals surface area contributed by atoms with Gasteiger partial charge in [0.2, 0.25) is 10.0 Å². The Morgan fingerprint density at radius 1 is 1.47 bits per heavy atom. The molecule has 0 unspecified atom stereocenters. The Morgan fingerprint density at radius 3 is 2.74 bits per heavy atom. The zero-order valence-corrected chi connectivity index (χ0v) is 11.2. The van der Waals surface area contributed by atoms with Crippen LogP contribution in [0, 0.1) is 12.7 Å². The Morgan fingerprint density at radius 2 is 2.16 bits per heavy atom. The van der Waals surface area contributed by atoms with Gasteiger partial charge in [-0.3, -0.25) is 4.79 Å². The maximum Gasteiger partial charge on any atom is 0.322 e. The van der Waals surface area contributed by atoms with Gasteiger partial charge in [0.25, 0.3) is 0 Å². The first-order valence-electron chi connectivity index (χ1n) is 5.85. The fourth-order valence-corrected chi connectivity index (χ4v) is 4.26. The minimum Gasteiger partial charge on any atom is -0.480 e. The van der Waals surface area contributed by atoms with E-state index in [1.807, 2.05) is 0 Å². The molecule has 5 nitrogen and oxygen atoms in total. The van der Waals surface area contributed by atoms with E-state index in [1.165, 1.54) is 19.1 Å². The van der Waals surface area contributed by atoms with E-state index in [-0.39, 0.29) is 18.5 Å². The summed E-state index contributed by atoms with van der Waals surface area (Å²) in [5.74, 6) is -2.05. The van der Waals surface area contributed by atoms with Crippen molar-refractivity contribution in [2.24, 2.45) is 0 Å². The quantitative estimate of drug-likeness (QED) is 0.911. The fraction of sp³-hybridized carbons (Fsp3) is 0.417. The third-order valence-electron chi connectivity index (χ3n) is 3.22. The van der Waals surface area contributed by atoms with Crippen molar-refractivity contribution in [3.8, 4) is 0 Å². The molecule has 1 saturated heterocycles. The van der Waals surface area contributed by atoms with Crippen LogP contribution in [0.2, 0.25) is 0 Å². The summed E-state index contributed by atoms with van der Waals surface area (Å²) in [6.07, 6.45) is 0.714. The summed E-state index contributed by atoms with van der Waals surface area (Å²) in [5.41, 5.74) is 0.274. The molecule has 0 radical (unpaired) electrons. The molecule has 0 aromatic heterocycles. The van der Waals surface area contributed by atoms with Crippen LogP contribution in [0.15, 0.2) is 23.1 Å². The lowest BCUT2D eigenvalue weighted by molar-refractivity contribution is -0.140. The number of hydrogen-bond acceptors (Lipinski definition) is 3. The predicted octanol–water partition coefficient (Wildman–Crippen LogP) is 1.37. The van der Waals surface area contributed by atoms with Gasteiger partial charge in [-0.1, -0.05) is 12.1 Å². The van der Waals surface area contributed by atoms with E-state index in [4.69, 9.17) is 5.11 Å². The molecule has 1 aromatic carbocycles. The molecule has 1 aliphatic heterocycles. The van der Waals surface area contributed by atoms with Crippen LogP contribution in [0.4, 0.5) is 4.39 Å². The Hall–Kier alpha value is -1.47. The van der Waals surface area contributed by atoms with Crippen molar-refractivity contribution in [3.63, 3.8) is 0 Å². The summed E-state index contributed by atoms with van der Waals surface area (Å²) in [4.78, 5) is 10.6. The molecule has 104 valence electrons. The molecule has 1 aromatic rings. The second kappa shape index (κ2) is 4.90. The van der Waals surface area contributed by atoms with Gasteiger partial charge in [0.15, 0.2) is 0 Å². The Balaban J connectivity index is 2.51. The molecule has 0 saturated carbocycles. The minimum absolute atomic E-state index is 0.104. The van der Waals surface area contributed by atoms with Crippen molar-refractivity contribution < 1.29 is 22.7 Å². The number of hydrogen-bond donors (Lipinski definition) is 1. The summed E-state index contributed by atoms with van der Waals surface area (Å²) in [6.45, 7) is 1.59. The van der Waals surface area contributed by atoms with Crippen LogP contribution in [0.5, 0.6) is 0 Å². The predicted molar refractivity (Wildman–Crippen MR) is 65.7 cm³/mol. The van der Waals surface area contributed by atoms with Crippen molar-refractivity contribution >= 4 is 16.0 Å². The van der Waals surface area contributed by atoms with Crippen molar-refractivity contribution in [2.75, 3.05) is 6.54 Å². The van der Waals surface area contributed by atoms with Crippen LogP contribution in [0.3, 0.4) is 0 Å². The molecule has 1 aliphatic rings. The maximum atomic E-state index is 13.8. The topological polar surface area (TPSA) is 74.7 Å². The summed E-state index contributed by atoms with van der Waals surface area (Å²) in [6, 6.07) is 2.86. The van der Waals surface area contributed by atoms with Crippen LogP contribution in [-0.2, 0) is 14.8 Å². The molecule has 0 amide bonds. The fourth-order valence-electron chi connectivity index (χ4n) is 2.34. The molecule has 0 aliphatic carbocycles. The first kappa shape index (κ1) is 14.0. The molecule has 1 fully saturated rings. The number of aliphatic carboxylic acids is 1. The number of aryl methyl sites for hydroxylation is 1. The van der Waals surface area contributed by atoms with Gasteiger partial charge in [0.05, 0.1) is 0 Å². The third kappa shape index (κ3) is 2.35. The zero-order chi connectivity index (χ0) is 14.2. The van der Waals surface area contributed by atoms with Gasteiger partial charge >= 0.3 is 5.97 Å². The first-order valence-corrected chi connectivity index (χ1v) is 7.29. The molecule has 0 spiro atoms. The van der Waals surface area contributed by atoms with Gasteiger partial charge in [-0.2, -0.15) is 4.31 Å². The van der Waals surface area contributed by atoms with E-state index in [9.17, 15) is 17.6 Å². The van der Waals surface area contributed by atoms with E-state index in [0.717, 1.165) is 10.4 Å². The monoisotopic (exact) mass is 287 g/mol. The van der Waals surface area contributed by atoms with Gasteiger partial charge in [0.1, 0.15) is 16.8 Å². The van der Waals surface area contributed by atoms with Crippen LogP contribution >= 0.6 is 0 Å². The van der Waals surface area contributed by atoms with E-state index in [2.05, 4.69) is 0 Å². The molecule has 2 rings (SSSR count). The number of sulfonamides is 1. The number of benzene rings is 1. The van der Waals surface area contributed by atoms with E-state index in [1.54, 1.807) is 0 Å². The van der Waals surface area contributed by atoms with Crippen LogP contribution in [0.1, 0.15) is 18.4 Å². The molecule has 7 heteroatoms. The van der Waals surface area contributed by atoms with E-state index >= 15 is 0 Å². The highest BCUT2D eigenvalue weighted by Gasteiger charge is 2.41. The highest BCUT2D eigenvalue weighted by Crippen LogP contribution is 2.29. The number of carboxylic acids is 1. The summed E-state index contributed by atoms with van der Waals surface area (Å²) >= 11 is 0. The van der Waals surface area contributed by atoms with E-state index in [0.29, 0.717) is 6.42 Å². The van der Waals surface area contributed by atoms with Crippen LogP contribution < -0.4 is 0 Å². The van der Waals surface area contributed by atoms with Crippen molar-refractivity contribution in [2.45, 2.75) is 30.7 Å². The smallest absolute Gasteiger partial charge is 0.322 e. The van der Waals surface area contributed by atoms with Crippen LogP contribution in [0.25, 0.3) is 0 Å². The molecule has 19 heavy (non-hydrogen) atoms. The van der Waals surface area contributed by atoms with Gasteiger partial charge < -0.3 is 5.11 Å². The zero-order valence-electron chi connectivity index (χ0n) is 10.3. The summed E-state index contributed by atoms with van der Waals surface area (Å²) < 4.78 is 39.5. The first-order chi connectivity index (χ1) is 8.85. The van der Waals surface area contributed by atoms with Gasteiger partial charge in [-0.25, -0.2) is 12.8 Å².